The van der Waals surface area contributed by atoms with Gasteiger partial charge >= 0.3 is 0 Å². The summed E-state index contributed by atoms with van der Waals surface area (Å²) in [4.78, 5) is 18.1. The SMILES string of the molecule is C=CCN(C(=O)c1cc(C(=C2\C=CNC2)/C(F)=C\NC)c[nH]1)C(C)c1ccccc1. The van der Waals surface area contributed by atoms with Crippen molar-refractivity contribution in [2.45, 2.75) is 13.0 Å². The lowest BCUT2D eigenvalue weighted by molar-refractivity contribution is 0.0709. The van der Waals surface area contributed by atoms with Crippen LogP contribution in [0.25, 0.3) is 5.57 Å². The van der Waals surface area contributed by atoms with E-state index in [0.717, 1.165) is 11.1 Å². The number of hydrogen-bond acceptors (Lipinski definition) is 3. The second-order valence-corrected chi connectivity index (χ2v) is 7.03. The normalized spacial score (nSPS) is 16.0. The molecule has 1 aromatic heterocycles. The van der Waals surface area contributed by atoms with Crippen LogP contribution in [-0.4, -0.2) is 35.9 Å². The summed E-state index contributed by atoms with van der Waals surface area (Å²) in [5, 5.41) is 5.79. The number of hydrogen-bond donors (Lipinski definition) is 3. The fraction of sp³-hybridized carbons (Fsp3) is 0.208. The first-order valence-electron chi connectivity index (χ1n) is 9.88. The number of nitrogens with zero attached hydrogens (tertiary/aromatic N) is 1. The second kappa shape index (κ2) is 9.78. The molecule has 0 saturated carbocycles. The minimum Gasteiger partial charge on any atom is -0.392 e. The molecule has 0 spiro atoms. The summed E-state index contributed by atoms with van der Waals surface area (Å²) in [5.74, 6) is -0.556. The molecule has 1 aliphatic heterocycles. The van der Waals surface area contributed by atoms with E-state index in [1.165, 1.54) is 6.20 Å². The average molecular weight is 407 g/mol. The predicted octanol–water partition coefficient (Wildman–Crippen LogP) is 4.30. The molecule has 0 bridgehead atoms. The van der Waals surface area contributed by atoms with E-state index in [-0.39, 0.29) is 17.8 Å². The van der Waals surface area contributed by atoms with Crippen molar-refractivity contribution < 1.29 is 9.18 Å². The van der Waals surface area contributed by atoms with Crippen LogP contribution in [0.4, 0.5) is 4.39 Å². The van der Waals surface area contributed by atoms with Crippen molar-refractivity contribution in [3.05, 3.63) is 102 Å². The van der Waals surface area contributed by atoms with Crippen LogP contribution in [0, 0.1) is 0 Å². The maximum atomic E-state index is 14.8. The van der Waals surface area contributed by atoms with Gasteiger partial charge in [-0.2, -0.15) is 0 Å². The number of nitrogens with one attached hydrogen (secondary N) is 3. The van der Waals surface area contributed by atoms with Crippen LogP contribution in [0.1, 0.15) is 34.6 Å². The number of benzene rings is 1. The fourth-order valence-corrected chi connectivity index (χ4v) is 3.52. The van der Waals surface area contributed by atoms with Crippen molar-refractivity contribution in [3.63, 3.8) is 0 Å². The maximum Gasteiger partial charge on any atom is 0.271 e. The van der Waals surface area contributed by atoms with E-state index >= 15 is 0 Å². The van der Waals surface area contributed by atoms with Crippen LogP contribution in [-0.2, 0) is 0 Å². The van der Waals surface area contributed by atoms with Crippen LogP contribution in [0.15, 0.2) is 85.1 Å². The monoisotopic (exact) mass is 406 g/mol. The summed E-state index contributed by atoms with van der Waals surface area (Å²) >= 11 is 0. The van der Waals surface area contributed by atoms with E-state index < -0.39 is 0 Å². The molecule has 5 nitrogen and oxygen atoms in total. The van der Waals surface area contributed by atoms with Crippen molar-refractivity contribution in [1.29, 1.82) is 0 Å². The quantitative estimate of drug-likeness (QED) is 0.573. The van der Waals surface area contributed by atoms with Crippen molar-refractivity contribution in [2.24, 2.45) is 0 Å². The highest BCUT2D eigenvalue weighted by Gasteiger charge is 2.24. The molecule has 1 amide bonds. The molecule has 1 aliphatic rings. The highest BCUT2D eigenvalue weighted by molar-refractivity contribution is 5.95. The number of aromatic amines is 1. The van der Waals surface area contributed by atoms with E-state index in [4.69, 9.17) is 0 Å². The zero-order valence-electron chi connectivity index (χ0n) is 17.3. The zero-order valence-corrected chi connectivity index (χ0v) is 17.3. The first kappa shape index (κ1) is 21.2. The molecule has 1 aromatic carbocycles. The lowest BCUT2D eigenvalue weighted by Gasteiger charge is -2.28. The summed E-state index contributed by atoms with van der Waals surface area (Å²) in [6.45, 7) is 6.71. The van der Waals surface area contributed by atoms with Gasteiger partial charge in [0, 0.05) is 43.7 Å². The van der Waals surface area contributed by atoms with Crippen LogP contribution in [0.5, 0.6) is 0 Å². The maximum absolute atomic E-state index is 14.8. The number of H-pyrrole nitrogens is 1. The van der Waals surface area contributed by atoms with E-state index in [1.54, 1.807) is 36.5 Å². The Morgan fingerprint density at radius 1 is 1.37 bits per heavy atom. The molecule has 6 heteroatoms. The molecule has 0 radical (unpaired) electrons. The van der Waals surface area contributed by atoms with Gasteiger partial charge in [-0.15, -0.1) is 6.58 Å². The molecule has 0 aliphatic carbocycles. The van der Waals surface area contributed by atoms with E-state index in [1.807, 2.05) is 43.3 Å². The largest absolute Gasteiger partial charge is 0.392 e. The Morgan fingerprint density at radius 3 is 2.77 bits per heavy atom. The molecule has 0 saturated heterocycles. The Morgan fingerprint density at radius 2 is 2.13 bits per heavy atom. The van der Waals surface area contributed by atoms with Crippen molar-refractivity contribution in [3.8, 4) is 0 Å². The van der Waals surface area contributed by atoms with Gasteiger partial charge in [0.1, 0.15) is 11.5 Å². The van der Waals surface area contributed by atoms with Crippen LogP contribution >= 0.6 is 0 Å². The lowest BCUT2D eigenvalue weighted by atomic mass is 10.0. The van der Waals surface area contributed by atoms with Gasteiger partial charge in [0.2, 0.25) is 0 Å². The highest BCUT2D eigenvalue weighted by Crippen LogP contribution is 2.30. The summed E-state index contributed by atoms with van der Waals surface area (Å²) in [6, 6.07) is 11.4. The zero-order chi connectivity index (χ0) is 21.5. The molecule has 1 atom stereocenters. The molecule has 3 N–H and O–H groups in total. The molecular weight excluding hydrogens is 379 g/mol. The average Bonchev–Trinajstić information content (AvgIpc) is 3.45. The first-order chi connectivity index (χ1) is 14.6. The molecule has 2 aromatic rings. The molecule has 156 valence electrons. The highest BCUT2D eigenvalue weighted by atomic mass is 19.1. The molecule has 1 unspecified atom stereocenters. The smallest absolute Gasteiger partial charge is 0.271 e. The number of rotatable bonds is 8. The molecule has 0 fully saturated rings. The van der Waals surface area contributed by atoms with Gasteiger partial charge < -0.3 is 20.5 Å². The molecular formula is C24H27FN4O. The summed E-state index contributed by atoms with van der Waals surface area (Å²) in [6.07, 6.45) is 8.32. The minimum atomic E-state index is -0.389. The Balaban J connectivity index is 1.93. The Kier molecular flexibility index (Phi) is 6.91. The van der Waals surface area contributed by atoms with Gasteiger partial charge in [0.05, 0.1) is 6.04 Å². The number of halogens is 1. The summed E-state index contributed by atoms with van der Waals surface area (Å²) in [7, 11) is 1.65. The van der Waals surface area contributed by atoms with Crippen molar-refractivity contribution >= 4 is 11.5 Å². The molecule has 3 rings (SSSR count). The van der Waals surface area contributed by atoms with Gasteiger partial charge in [-0.05, 0) is 36.4 Å². The predicted molar refractivity (Wildman–Crippen MR) is 119 cm³/mol. The third-order valence-corrected chi connectivity index (χ3v) is 5.06. The summed E-state index contributed by atoms with van der Waals surface area (Å²) in [5.41, 5.74) is 3.33. The third-order valence-electron chi connectivity index (χ3n) is 5.06. The molecule has 2 heterocycles. The molecule has 30 heavy (non-hydrogen) atoms. The van der Waals surface area contributed by atoms with Crippen LogP contribution in [0.2, 0.25) is 0 Å². The van der Waals surface area contributed by atoms with Gasteiger partial charge in [-0.3, -0.25) is 4.79 Å². The second-order valence-electron chi connectivity index (χ2n) is 7.03. The van der Waals surface area contributed by atoms with Crippen LogP contribution < -0.4 is 10.6 Å². The van der Waals surface area contributed by atoms with Gasteiger partial charge in [-0.1, -0.05) is 36.4 Å². The standard InChI is InChI=1S/C24H27FN4O/c1-4-12-29(17(2)18-8-6-5-7-9-18)24(30)22-13-20(15-28-22)23(21(25)16-26-3)19-10-11-27-14-19/h4-11,13,15-17,26-28H,1,12,14H2,2-3H3/b21-16+,23-19-. The van der Waals surface area contributed by atoms with Crippen molar-refractivity contribution in [2.75, 3.05) is 20.1 Å². The Bertz CT molecular complexity index is 988. The van der Waals surface area contributed by atoms with E-state index in [0.29, 0.717) is 29.9 Å². The van der Waals surface area contributed by atoms with Gasteiger partial charge in [0.15, 0.2) is 0 Å². The Labute approximate surface area is 176 Å². The summed E-state index contributed by atoms with van der Waals surface area (Å²) < 4.78 is 14.8. The number of carbonyl (C=O) groups excluding carboxylic acids is 1. The van der Waals surface area contributed by atoms with Crippen molar-refractivity contribution in [1.82, 2.24) is 20.5 Å². The van der Waals surface area contributed by atoms with E-state index in [2.05, 4.69) is 22.2 Å². The lowest BCUT2D eigenvalue weighted by Crippen LogP contribution is -2.34. The van der Waals surface area contributed by atoms with Gasteiger partial charge in [0.25, 0.3) is 5.91 Å². The number of allylic oxidation sites excluding steroid dienone is 2. The minimum absolute atomic E-state index is 0.135. The topological polar surface area (TPSA) is 60.2 Å². The number of carbonyl (C=O) groups is 1. The third kappa shape index (κ3) is 4.54. The van der Waals surface area contributed by atoms with E-state index in [9.17, 15) is 9.18 Å². The fourth-order valence-electron chi connectivity index (χ4n) is 3.52. The number of aromatic nitrogens is 1. The number of amides is 1. The Hall–Kier alpha value is -3.54. The first-order valence-corrected chi connectivity index (χ1v) is 9.88. The van der Waals surface area contributed by atoms with Gasteiger partial charge in [-0.25, -0.2) is 4.39 Å². The van der Waals surface area contributed by atoms with Crippen LogP contribution in [0.3, 0.4) is 0 Å².